The highest BCUT2D eigenvalue weighted by atomic mass is 32.1. The Morgan fingerprint density at radius 2 is 1.86 bits per heavy atom. The first kappa shape index (κ1) is 20.7. The highest BCUT2D eigenvalue weighted by molar-refractivity contribution is 7.14. The molecule has 29 heavy (non-hydrogen) atoms. The fourth-order valence-electron chi connectivity index (χ4n) is 2.47. The Morgan fingerprint density at radius 1 is 1.14 bits per heavy atom. The van der Waals surface area contributed by atoms with Gasteiger partial charge < -0.3 is 10.1 Å². The topological polar surface area (TPSA) is 77.0 Å². The largest absolute Gasteiger partial charge is 0.494 e. The number of nitrogens with one attached hydrogen (secondary N) is 1. The Labute approximate surface area is 168 Å². The fraction of sp³-hybridized carbons (Fsp3) is 0.263. The normalized spacial score (nSPS) is 11.3. The number of hydrogen-bond donors (Lipinski definition) is 1. The Balaban J connectivity index is 1.76. The van der Waals surface area contributed by atoms with Crippen molar-refractivity contribution < 1.29 is 22.7 Å². The summed E-state index contributed by atoms with van der Waals surface area (Å²) in [6, 6.07) is 5.10. The monoisotopic (exact) mass is 422 g/mol. The fourth-order valence-corrected chi connectivity index (χ4v) is 3.22. The average molecular weight is 422 g/mol. The van der Waals surface area contributed by atoms with Crippen LogP contribution >= 0.6 is 11.3 Å². The van der Waals surface area contributed by atoms with E-state index in [0.717, 1.165) is 27.8 Å². The van der Waals surface area contributed by atoms with Gasteiger partial charge in [-0.05, 0) is 32.0 Å². The summed E-state index contributed by atoms with van der Waals surface area (Å²) in [6.45, 7) is 4.20. The van der Waals surface area contributed by atoms with E-state index in [1.54, 1.807) is 18.3 Å². The molecular formula is C19H17F3N4O2S. The first-order valence-electron chi connectivity index (χ1n) is 8.63. The van der Waals surface area contributed by atoms with Gasteiger partial charge in [-0.1, -0.05) is 0 Å². The zero-order chi connectivity index (χ0) is 21.0. The Hall–Kier alpha value is -3.01. The predicted molar refractivity (Wildman–Crippen MR) is 102 cm³/mol. The van der Waals surface area contributed by atoms with Crippen LogP contribution in [0.3, 0.4) is 0 Å². The lowest BCUT2D eigenvalue weighted by molar-refractivity contribution is -0.145. The van der Waals surface area contributed by atoms with Crippen molar-refractivity contribution in [2.75, 3.05) is 6.61 Å². The molecule has 2 aromatic heterocycles. The standard InChI is InChI=1S/C19H17F3N4O2S/c1-3-28-15-5-13(4-14(6-15)17-24-7-11(2)29-17)16(27)23-8-12-9-25-18(26-10-12)19(20,21)22/h4-7,9-10H,3,8H2,1-2H3,(H,23,27). The summed E-state index contributed by atoms with van der Waals surface area (Å²) < 4.78 is 43.1. The van der Waals surface area contributed by atoms with Crippen molar-refractivity contribution >= 4 is 17.2 Å². The zero-order valence-corrected chi connectivity index (χ0v) is 16.4. The number of carbonyl (C=O) groups is 1. The van der Waals surface area contributed by atoms with E-state index < -0.39 is 17.9 Å². The molecule has 3 aromatic rings. The molecule has 1 N–H and O–H groups in total. The summed E-state index contributed by atoms with van der Waals surface area (Å²) in [5, 5.41) is 3.41. The van der Waals surface area contributed by atoms with E-state index in [9.17, 15) is 18.0 Å². The highest BCUT2D eigenvalue weighted by Crippen LogP contribution is 2.29. The van der Waals surface area contributed by atoms with Gasteiger partial charge >= 0.3 is 6.18 Å². The Morgan fingerprint density at radius 3 is 2.45 bits per heavy atom. The van der Waals surface area contributed by atoms with Crippen LogP contribution < -0.4 is 10.1 Å². The molecule has 0 bridgehead atoms. The van der Waals surface area contributed by atoms with Crippen molar-refractivity contribution in [3.8, 4) is 16.3 Å². The van der Waals surface area contributed by atoms with Crippen LogP contribution in [0.2, 0.25) is 0 Å². The van der Waals surface area contributed by atoms with E-state index in [0.29, 0.717) is 23.5 Å². The molecule has 0 aliphatic heterocycles. The Bertz CT molecular complexity index is 1000. The molecule has 0 aliphatic carbocycles. The van der Waals surface area contributed by atoms with Crippen LogP contribution in [-0.2, 0) is 12.7 Å². The maximum atomic E-state index is 12.6. The minimum Gasteiger partial charge on any atom is -0.494 e. The maximum Gasteiger partial charge on any atom is 0.451 e. The number of benzene rings is 1. The summed E-state index contributed by atoms with van der Waals surface area (Å²) in [5.74, 6) is -1.10. The molecule has 0 spiro atoms. The maximum absolute atomic E-state index is 12.6. The van der Waals surface area contributed by atoms with Crippen molar-refractivity contribution in [3.63, 3.8) is 0 Å². The summed E-state index contributed by atoms with van der Waals surface area (Å²) >= 11 is 1.49. The Kier molecular flexibility index (Phi) is 6.12. The second-order valence-corrected chi connectivity index (χ2v) is 7.29. The number of aryl methyl sites for hydroxylation is 1. The van der Waals surface area contributed by atoms with Crippen LogP contribution in [0.1, 0.15) is 33.5 Å². The van der Waals surface area contributed by atoms with Crippen LogP contribution in [0, 0.1) is 6.92 Å². The molecule has 0 saturated carbocycles. The zero-order valence-electron chi connectivity index (χ0n) is 15.6. The van der Waals surface area contributed by atoms with Crippen LogP contribution in [0.5, 0.6) is 5.75 Å². The van der Waals surface area contributed by atoms with Gasteiger partial charge in [-0.2, -0.15) is 13.2 Å². The third kappa shape index (κ3) is 5.29. The average Bonchev–Trinajstić information content (AvgIpc) is 3.12. The lowest BCUT2D eigenvalue weighted by atomic mass is 10.1. The van der Waals surface area contributed by atoms with E-state index in [-0.39, 0.29) is 6.54 Å². The van der Waals surface area contributed by atoms with Gasteiger partial charge in [-0.25, -0.2) is 15.0 Å². The highest BCUT2D eigenvalue weighted by Gasteiger charge is 2.34. The van der Waals surface area contributed by atoms with Crippen LogP contribution in [-0.4, -0.2) is 27.5 Å². The molecule has 6 nitrogen and oxygen atoms in total. The van der Waals surface area contributed by atoms with Crippen LogP contribution in [0.15, 0.2) is 36.8 Å². The second-order valence-electron chi connectivity index (χ2n) is 6.05. The van der Waals surface area contributed by atoms with Crippen molar-refractivity contribution in [3.05, 3.63) is 58.6 Å². The van der Waals surface area contributed by atoms with Gasteiger partial charge in [0.05, 0.1) is 6.61 Å². The quantitative estimate of drug-likeness (QED) is 0.643. The number of ether oxygens (including phenoxy) is 1. The summed E-state index contributed by atoms with van der Waals surface area (Å²) in [7, 11) is 0. The summed E-state index contributed by atoms with van der Waals surface area (Å²) in [4.78, 5) is 24.5. The van der Waals surface area contributed by atoms with Gasteiger partial charge in [0.1, 0.15) is 10.8 Å². The summed E-state index contributed by atoms with van der Waals surface area (Å²) in [6.07, 6.45) is -0.781. The molecule has 152 valence electrons. The van der Waals surface area contributed by atoms with Gasteiger partial charge in [-0.15, -0.1) is 11.3 Å². The molecule has 2 heterocycles. The number of thiazole rings is 1. The lowest BCUT2D eigenvalue weighted by Crippen LogP contribution is -2.23. The van der Waals surface area contributed by atoms with Crippen molar-refractivity contribution in [2.24, 2.45) is 0 Å². The predicted octanol–water partition coefficient (Wildman–Crippen LogP) is 4.26. The number of hydrogen-bond acceptors (Lipinski definition) is 6. The summed E-state index contributed by atoms with van der Waals surface area (Å²) in [5.41, 5.74) is 1.45. The first-order chi connectivity index (χ1) is 13.8. The van der Waals surface area contributed by atoms with Crippen molar-refractivity contribution in [1.29, 1.82) is 0 Å². The number of rotatable bonds is 6. The van der Waals surface area contributed by atoms with E-state index in [4.69, 9.17) is 4.74 Å². The smallest absolute Gasteiger partial charge is 0.451 e. The molecule has 1 amide bonds. The molecule has 0 fully saturated rings. The SMILES string of the molecule is CCOc1cc(C(=O)NCc2cnc(C(F)(F)F)nc2)cc(-c2ncc(C)s2)c1. The van der Waals surface area contributed by atoms with Crippen molar-refractivity contribution in [2.45, 2.75) is 26.6 Å². The second kappa shape index (κ2) is 8.56. The molecule has 0 unspecified atom stereocenters. The van der Waals surface area contributed by atoms with Gasteiger partial charge in [-0.3, -0.25) is 4.79 Å². The van der Waals surface area contributed by atoms with Crippen LogP contribution in [0.4, 0.5) is 13.2 Å². The number of amides is 1. The molecule has 0 aliphatic rings. The van der Waals surface area contributed by atoms with Gasteiger partial charge in [0.2, 0.25) is 5.82 Å². The minimum atomic E-state index is -4.61. The van der Waals surface area contributed by atoms with Gasteiger partial charge in [0.15, 0.2) is 0 Å². The molecule has 0 radical (unpaired) electrons. The molecule has 0 saturated heterocycles. The molecule has 0 atom stereocenters. The van der Waals surface area contributed by atoms with Crippen molar-refractivity contribution in [1.82, 2.24) is 20.3 Å². The number of halogens is 3. The van der Waals surface area contributed by atoms with E-state index in [1.165, 1.54) is 11.3 Å². The van der Waals surface area contributed by atoms with Gasteiger partial charge in [0, 0.05) is 46.7 Å². The number of alkyl halides is 3. The number of aromatic nitrogens is 3. The van der Waals surface area contributed by atoms with E-state index in [2.05, 4.69) is 20.3 Å². The number of carbonyl (C=O) groups excluding carboxylic acids is 1. The van der Waals surface area contributed by atoms with Crippen LogP contribution in [0.25, 0.3) is 10.6 Å². The number of nitrogens with zero attached hydrogens (tertiary/aromatic N) is 3. The van der Waals surface area contributed by atoms with E-state index in [1.807, 2.05) is 19.9 Å². The molecule has 10 heteroatoms. The lowest BCUT2D eigenvalue weighted by Gasteiger charge is -2.10. The van der Waals surface area contributed by atoms with Gasteiger partial charge in [0.25, 0.3) is 5.91 Å². The van der Waals surface area contributed by atoms with E-state index >= 15 is 0 Å². The molecular weight excluding hydrogens is 405 g/mol. The first-order valence-corrected chi connectivity index (χ1v) is 9.45. The minimum absolute atomic E-state index is 0.0124. The molecule has 1 aromatic carbocycles. The third-order valence-corrected chi connectivity index (χ3v) is 4.72. The third-order valence-electron chi connectivity index (χ3n) is 3.76. The molecule has 3 rings (SSSR count).